The first kappa shape index (κ1) is 19.5. The molecule has 2 heterocycles. The largest absolute Gasteiger partial charge is 0.494 e. The van der Waals surface area contributed by atoms with Gasteiger partial charge < -0.3 is 24.6 Å². The van der Waals surface area contributed by atoms with Crippen molar-refractivity contribution in [3.05, 3.63) is 59.4 Å². The fourth-order valence-corrected chi connectivity index (χ4v) is 3.87. The van der Waals surface area contributed by atoms with Crippen LogP contribution in [0.2, 0.25) is 0 Å². The first-order valence-electron chi connectivity index (χ1n) is 9.93. The molecular formula is C22H26FN3O3. The molecule has 0 bridgehead atoms. The number of piperazine rings is 1. The normalized spacial score (nSPS) is 18.9. The quantitative estimate of drug-likeness (QED) is 0.859. The minimum absolute atomic E-state index is 0.00168. The van der Waals surface area contributed by atoms with Gasteiger partial charge in [0, 0.05) is 50.9 Å². The second-order valence-corrected chi connectivity index (χ2v) is 7.38. The molecule has 7 heteroatoms. The van der Waals surface area contributed by atoms with Gasteiger partial charge in [0.1, 0.15) is 0 Å². The maximum absolute atomic E-state index is 13.6. The Hall–Kier alpha value is -2.80. The highest BCUT2D eigenvalue weighted by atomic mass is 19.1. The Bertz CT molecular complexity index is 868. The molecule has 1 fully saturated rings. The lowest BCUT2D eigenvalue weighted by atomic mass is 9.99. The molecule has 2 aromatic carbocycles. The molecule has 1 atom stereocenters. The van der Waals surface area contributed by atoms with Crippen LogP contribution in [0.1, 0.15) is 11.1 Å². The van der Waals surface area contributed by atoms with Gasteiger partial charge in [0.15, 0.2) is 11.6 Å². The van der Waals surface area contributed by atoms with Gasteiger partial charge in [0.2, 0.25) is 0 Å². The summed E-state index contributed by atoms with van der Waals surface area (Å²) in [4.78, 5) is 16.5. The van der Waals surface area contributed by atoms with Crippen LogP contribution in [0, 0.1) is 5.82 Å². The zero-order valence-electron chi connectivity index (χ0n) is 16.6. The van der Waals surface area contributed by atoms with E-state index < -0.39 is 0 Å². The van der Waals surface area contributed by atoms with Crippen molar-refractivity contribution >= 4 is 11.7 Å². The summed E-state index contributed by atoms with van der Waals surface area (Å²) in [7, 11) is 1.46. The molecule has 2 aliphatic rings. The number of anilines is 1. The van der Waals surface area contributed by atoms with Crippen molar-refractivity contribution in [1.29, 1.82) is 0 Å². The van der Waals surface area contributed by atoms with E-state index in [1.165, 1.54) is 24.3 Å². The summed E-state index contributed by atoms with van der Waals surface area (Å²) in [5.74, 6) is -0.140. The van der Waals surface area contributed by atoms with Gasteiger partial charge in [-0.3, -0.25) is 0 Å². The number of carbonyl (C=O) groups excluding carboxylic acids is 1. The lowest BCUT2D eigenvalue weighted by Gasteiger charge is -2.36. The smallest absolute Gasteiger partial charge is 0.317 e. The zero-order chi connectivity index (χ0) is 20.2. The summed E-state index contributed by atoms with van der Waals surface area (Å²) in [6, 6.07) is 13.0. The molecule has 0 spiro atoms. The molecule has 2 aromatic rings. The molecule has 0 aromatic heterocycles. The third kappa shape index (κ3) is 4.45. The van der Waals surface area contributed by atoms with E-state index in [-0.39, 0.29) is 23.7 Å². The minimum Gasteiger partial charge on any atom is -0.494 e. The fraction of sp³-hybridized carbons (Fsp3) is 0.409. The molecule has 2 amide bonds. The highest BCUT2D eigenvalue weighted by molar-refractivity contribution is 5.74. The fourth-order valence-electron chi connectivity index (χ4n) is 3.87. The van der Waals surface area contributed by atoms with Gasteiger partial charge >= 0.3 is 6.03 Å². The average molecular weight is 399 g/mol. The van der Waals surface area contributed by atoms with Crippen molar-refractivity contribution in [1.82, 2.24) is 10.2 Å². The van der Waals surface area contributed by atoms with Gasteiger partial charge in [-0.1, -0.05) is 24.3 Å². The molecule has 6 nitrogen and oxygen atoms in total. The molecule has 0 saturated carbocycles. The highest BCUT2D eigenvalue weighted by Gasteiger charge is 2.24. The van der Waals surface area contributed by atoms with Crippen LogP contribution in [0.15, 0.2) is 42.5 Å². The van der Waals surface area contributed by atoms with E-state index in [1.807, 2.05) is 17.0 Å². The van der Waals surface area contributed by atoms with Gasteiger partial charge in [0.05, 0.1) is 19.8 Å². The van der Waals surface area contributed by atoms with E-state index in [0.717, 1.165) is 12.1 Å². The van der Waals surface area contributed by atoms with Crippen molar-refractivity contribution in [3.63, 3.8) is 0 Å². The number of halogens is 1. The van der Waals surface area contributed by atoms with Crippen molar-refractivity contribution < 1.29 is 18.7 Å². The summed E-state index contributed by atoms with van der Waals surface area (Å²) in [6.45, 7) is 3.70. The Balaban J connectivity index is 1.25. The number of rotatable bonds is 4. The topological polar surface area (TPSA) is 54.0 Å². The van der Waals surface area contributed by atoms with Crippen molar-refractivity contribution in [2.45, 2.75) is 19.1 Å². The molecule has 29 heavy (non-hydrogen) atoms. The van der Waals surface area contributed by atoms with Crippen LogP contribution >= 0.6 is 0 Å². The number of ether oxygens (including phenoxy) is 2. The first-order valence-corrected chi connectivity index (χ1v) is 9.93. The van der Waals surface area contributed by atoms with Crippen molar-refractivity contribution in [3.8, 4) is 5.75 Å². The molecule has 4 rings (SSSR count). The number of carbonyl (C=O) groups is 1. The number of nitrogens with one attached hydrogen (secondary N) is 1. The third-order valence-electron chi connectivity index (χ3n) is 5.59. The molecule has 1 saturated heterocycles. The van der Waals surface area contributed by atoms with E-state index in [4.69, 9.17) is 9.47 Å². The van der Waals surface area contributed by atoms with Crippen LogP contribution in [0.5, 0.6) is 5.75 Å². The zero-order valence-corrected chi connectivity index (χ0v) is 16.6. The van der Waals surface area contributed by atoms with Crippen LogP contribution in [0.25, 0.3) is 0 Å². The maximum atomic E-state index is 13.6. The summed E-state index contributed by atoms with van der Waals surface area (Å²) in [6.07, 6.45) is 0.818. The number of hydrogen-bond acceptors (Lipinski definition) is 4. The number of nitrogens with zero attached hydrogens (tertiary/aromatic N) is 2. The summed E-state index contributed by atoms with van der Waals surface area (Å²) in [5.41, 5.74) is 3.42. The second-order valence-electron chi connectivity index (χ2n) is 7.38. The monoisotopic (exact) mass is 399 g/mol. The Morgan fingerprint density at radius 3 is 2.69 bits per heavy atom. The van der Waals surface area contributed by atoms with E-state index >= 15 is 0 Å². The highest BCUT2D eigenvalue weighted by Crippen LogP contribution is 2.25. The summed E-state index contributed by atoms with van der Waals surface area (Å²) >= 11 is 0. The maximum Gasteiger partial charge on any atom is 0.317 e. The SMILES string of the molecule is COc1cc(N2CCN(C(=O)NC[C@@H]3Cc4ccccc4CO3)CC2)ccc1F. The molecule has 0 radical (unpaired) electrons. The molecule has 0 unspecified atom stereocenters. The van der Waals surface area contributed by atoms with Gasteiger partial charge in [-0.05, 0) is 23.3 Å². The Labute approximate surface area is 170 Å². The summed E-state index contributed by atoms with van der Waals surface area (Å²) in [5, 5.41) is 3.01. The van der Waals surface area contributed by atoms with Crippen molar-refractivity contribution in [2.24, 2.45) is 0 Å². The number of methoxy groups -OCH3 is 1. The standard InChI is InChI=1S/C22H26FN3O3/c1-28-21-13-18(6-7-20(21)23)25-8-10-26(11-9-25)22(27)24-14-19-12-16-4-2-3-5-17(16)15-29-19/h2-7,13,19H,8-12,14-15H2,1H3,(H,24,27)/t19-/m0/s1. The second kappa shape index (κ2) is 8.69. The number of fused-ring (bicyclic) bond motifs is 1. The average Bonchev–Trinajstić information content (AvgIpc) is 2.78. The van der Waals surface area contributed by atoms with E-state index in [1.54, 1.807) is 12.1 Å². The van der Waals surface area contributed by atoms with Crippen LogP contribution in [0.4, 0.5) is 14.9 Å². The number of hydrogen-bond donors (Lipinski definition) is 1. The van der Waals surface area contributed by atoms with Crippen LogP contribution < -0.4 is 15.0 Å². The van der Waals surface area contributed by atoms with Gasteiger partial charge in [0.25, 0.3) is 0 Å². The van der Waals surface area contributed by atoms with Crippen molar-refractivity contribution in [2.75, 3.05) is 44.7 Å². The minimum atomic E-state index is -0.373. The predicted octanol–water partition coefficient (Wildman–Crippen LogP) is 2.81. The Kier molecular flexibility index (Phi) is 5.85. The number of amides is 2. The molecule has 1 N–H and O–H groups in total. The van der Waals surface area contributed by atoms with Crippen LogP contribution in [0.3, 0.4) is 0 Å². The molecule has 0 aliphatic carbocycles. The molecule has 2 aliphatic heterocycles. The number of benzene rings is 2. The van der Waals surface area contributed by atoms with Gasteiger partial charge in [-0.25, -0.2) is 9.18 Å². The van der Waals surface area contributed by atoms with E-state index in [2.05, 4.69) is 22.3 Å². The van der Waals surface area contributed by atoms with Gasteiger partial charge in [-0.15, -0.1) is 0 Å². The Morgan fingerprint density at radius 1 is 1.17 bits per heavy atom. The third-order valence-corrected chi connectivity index (χ3v) is 5.59. The number of urea groups is 1. The summed E-state index contributed by atoms with van der Waals surface area (Å²) < 4.78 is 24.5. The van der Waals surface area contributed by atoms with E-state index in [9.17, 15) is 9.18 Å². The molecule has 154 valence electrons. The van der Waals surface area contributed by atoms with Crippen LogP contribution in [-0.2, 0) is 17.8 Å². The van der Waals surface area contributed by atoms with Crippen LogP contribution in [-0.4, -0.2) is 56.9 Å². The Morgan fingerprint density at radius 2 is 1.93 bits per heavy atom. The first-order chi connectivity index (χ1) is 14.1. The molecular weight excluding hydrogens is 373 g/mol. The van der Waals surface area contributed by atoms with Gasteiger partial charge in [-0.2, -0.15) is 0 Å². The predicted molar refractivity (Wildman–Crippen MR) is 109 cm³/mol. The van der Waals surface area contributed by atoms with E-state index in [0.29, 0.717) is 39.3 Å². The lowest BCUT2D eigenvalue weighted by molar-refractivity contribution is 0.0297. The lowest BCUT2D eigenvalue weighted by Crippen LogP contribution is -2.53.